The average molecular weight is 274 g/mol. The Morgan fingerprint density at radius 2 is 2.15 bits per heavy atom. The predicted molar refractivity (Wildman–Crippen MR) is 78.9 cm³/mol. The van der Waals surface area contributed by atoms with Crippen LogP contribution >= 0.6 is 0 Å². The van der Waals surface area contributed by atoms with Gasteiger partial charge in [0.1, 0.15) is 0 Å². The Bertz CT molecular complexity index is 509. The average Bonchev–Trinajstić information content (AvgIpc) is 2.48. The number of fused-ring (bicyclic) bond motifs is 3. The van der Waals surface area contributed by atoms with Crippen LogP contribution in [0.2, 0.25) is 0 Å². The second kappa shape index (κ2) is 5.40. The van der Waals surface area contributed by atoms with Crippen LogP contribution in [0.1, 0.15) is 28.9 Å². The number of anilines is 1. The zero-order chi connectivity index (χ0) is 14.1. The molecule has 0 aliphatic carbocycles. The summed E-state index contributed by atoms with van der Waals surface area (Å²) in [6.45, 7) is 5.29. The number of hydrogen-bond donors (Lipinski definition) is 2. The first-order valence-electron chi connectivity index (χ1n) is 7.35. The van der Waals surface area contributed by atoms with Gasteiger partial charge in [-0.25, -0.2) is 0 Å². The fourth-order valence-electron chi connectivity index (χ4n) is 3.32. The van der Waals surface area contributed by atoms with Crippen LogP contribution in [0.5, 0.6) is 0 Å². The number of aromatic nitrogens is 1. The van der Waals surface area contributed by atoms with Crippen molar-refractivity contribution in [3.63, 3.8) is 0 Å². The number of piperidine rings is 3. The fraction of sp³-hybridized carbons (Fsp3) is 0.600. The summed E-state index contributed by atoms with van der Waals surface area (Å²) in [4.78, 5) is 19.2. The first-order chi connectivity index (χ1) is 9.67. The van der Waals surface area contributed by atoms with Gasteiger partial charge in [0.05, 0.1) is 11.3 Å². The number of nitrogens with one attached hydrogen (secondary N) is 2. The third kappa shape index (κ3) is 2.50. The molecule has 2 bridgehead atoms. The van der Waals surface area contributed by atoms with Crippen molar-refractivity contribution in [3.05, 3.63) is 23.5 Å². The maximum absolute atomic E-state index is 12.5. The molecule has 1 atom stereocenters. The van der Waals surface area contributed by atoms with Gasteiger partial charge in [0.2, 0.25) is 0 Å². The zero-order valence-corrected chi connectivity index (χ0v) is 12.1. The van der Waals surface area contributed by atoms with Gasteiger partial charge in [0.15, 0.2) is 0 Å². The van der Waals surface area contributed by atoms with Gasteiger partial charge in [-0.15, -0.1) is 0 Å². The van der Waals surface area contributed by atoms with Crippen molar-refractivity contribution >= 4 is 11.6 Å². The SMILES string of the molecule is CNc1cc(C)ncc1C(=O)NC1CN2CCC1CC2. The second-order valence-electron chi connectivity index (χ2n) is 5.84. The van der Waals surface area contributed by atoms with Crippen molar-refractivity contribution in [1.29, 1.82) is 0 Å². The van der Waals surface area contributed by atoms with Crippen LogP contribution < -0.4 is 10.6 Å². The Kier molecular flexibility index (Phi) is 3.61. The van der Waals surface area contributed by atoms with E-state index in [1.54, 1.807) is 6.20 Å². The van der Waals surface area contributed by atoms with Gasteiger partial charge in [0.25, 0.3) is 5.91 Å². The summed E-state index contributed by atoms with van der Waals surface area (Å²) in [5, 5.41) is 6.28. The number of aryl methyl sites for hydroxylation is 1. The van der Waals surface area contributed by atoms with E-state index in [0.29, 0.717) is 11.5 Å². The van der Waals surface area contributed by atoms with E-state index in [-0.39, 0.29) is 11.9 Å². The molecule has 3 saturated heterocycles. The maximum atomic E-state index is 12.5. The molecule has 4 rings (SSSR count). The van der Waals surface area contributed by atoms with E-state index >= 15 is 0 Å². The molecule has 1 aromatic heterocycles. The van der Waals surface area contributed by atoms with Gasteiger partial charge in [-0.05, 0) is 44.8 Å². The molecule has 3 fully saturated rings. The van der Waals surface area contributed by atoms with Gasteiger partial charge in [-0.1, -0.05) is 0 Å². The Hall–Kier alpha value is -1.62. The quantitative estimate of drug-likeness (QED) is 0.871. The highest BCUT2D eigenvalue weighted by atomic mass is 16.1. The number of hydrogen-bond acceptors (Lipinski definition) is 4. The predicted octanol–water partition coefficient (Wildman–Crippen LogP) is 1.26. The lowest BCUT2D eigenvalue weighted by Gasteiger charge is -2.44. The van der Waals surface area contributed by atoms with Crippen LogP contribution in [0.15, 0.2) is 12.3 Å². The van der Waals surface area contributed by atoms with Crippen molar-refractivity contribution in [1.82, 2.24) is 15.2 Å². The highest BCUT2D eigenvalue weighted by Gasteiger charge is 2.35. The van der Waals surface area contributed by atoms with Gasteiger partial charge in [-0.3, -0.25) is 9.78 Å². The highest BCUT2D eigenvalue weighted by molar-refractivity contribution is 5.99. The van der Waals surface area contributed by atoms with Crippen molar-refractivity contribution in [2.45, 2.75) is 25.8 Å². The summed E-state index contributed by atoms with van der Waals surface area (Å²) in [5.74, 6) is 0.626. The molecule has 0 aromatic carbocycles. The van der Waals surface area contributed by atoms with E-state index in [1.165, 1.54) is 25.9 Å². The standard InChI is InChI=1S/C15H22N4O/c1-10-7-13(16-2)12(8-17-10)15(20)18-14-9-19-5-3-11(14)4-6-19/h7-8,11,14H,3-6,9H2,1-2H3,(H,16,17)(H,18,20). The molecule has 1 aromatic rings. The van der Waals surface area contributed by atoms with Gasteiger partial charge >= 0.3 is 0 Å². The number of pyridine rings is 1. The molecule has 2 N–H and O–H groups in total. The van der Waals surface area contributed by atoms with Crippen molar-refractivity contribution in [2.75, 3.05) is 32.0 Å². The fourth-order valence-corrected chi connectivity index (χ4v) is 3.32. The summed E-state index contributed by atoms with van der Waals surface area (Å²) >= 11 is 0. The molecule has 3 aliphatic heterocycles. The van der Waals surface area contributed by atoms with Crippen molar-refractivity contribution in [2.24, 2.45) is 5.92 Å². The molecule has 0 radical (unpaired) electrons. The molecule has 4 heterocycles. The normalized spacial score (nSPS) is 28.2. The smallest absolute Gasteiger partial charge is 0.255 e. The van der Waals surface area contributed by atoms with E-state index in [1.807, 2.05) is 20.0 Å². The van der Waals surface area contributed by atoms with E-state index in [2.05, 4.69) is 20.5 Å². The number of carbonyl (C=O) groups is 1. The first kappa shape index (κ1) is 13.4. The van der Waals surface area contributed by atoms with Crippen LogP contribution in [0.3, 0.4) is 0 Å². The van der Waals surface area contributed by atoms with Crippen LogP contribution in [0, 0.1) is 12.8 Å². The summed E-state index contributed by atoms with van der Waals surface area (Å²) < 4.78 is 0. The monoisotopic (exact) mass is 274 g/mol. The molecule has 5 nitrogen and oxygen atoms in total. The molecule has 20 heavy (non-hydrogen) atoms. The third-order valence-corrected chi connectivity index (χ3v) is 4.53. The second-order valence-corrected chi connectivity index (χ2v) is 5.84. The van der Waals surface area contributed by atoms with E-state index in [4.69, 9.17) is 0 Å². The summed E-state index contributed by atoms with van der Waals surface area (Å²) in [6.07, 6.45) is 4.07. The van der Waals surface area contributed by atoms with Crippen molar-refractivity contribution in [3.8, 4) is 0 Å². The maximum Gasteiger partial charge on any atom is 0.255 e. The topological polar surface area (TPSA) is 57.3 Å². The van der Waals surface area contributed by atoms with Gasteiger partial charge in [0, 0.05) is 31.5 Å². The van der Waals surface area contributed by atoms with Gasteiger partial charge < -0.3 is 15.5 Å². The van der Waals surface area contributed by atoms with E-state index in [0.717, 1.165) is 17.9 Å². The number of carbonyl (C=O) groups excluding carboxylic acids is 1. The molecule has 3 aliphatic rings. The molecule has 5 heteroatoms. The van der Waals surface area contributed by atoms with Gasteiger partial charge in [-0.2, -0.15) is 0 Å². The lowest BCUT2D eigenvalue weighted by Crippen LogP contribution is -2.57. The molecule has 0 spiro atoms. The minimum atomic E-state index is -0.0133. The Morgan fingerprint density at radius 3 is 2.75 bits per heavy atom. The minimum Gasteiger partial charge on any atom is -0.387 e. The zero-order valence-electron chi connectivity index (χ0n) is 12.1. The van der Waals surface area contributed by atoms with E-state index < -0.39 is 0 Å². The number of rotatable bonds is 3. The molecule has 0 saturated carbocycles. The summed E-state index contributed by atoms with van der Waals surface area (Å²) in [5.41, 5.74) is 2.39. The van der Waals surface area contributed by atoms with E-state index in [9.17, 15) is 4.79 Å². The summed E-state index contributed by atoms with van der Waals surface area (Å²) in [7, 11) is 1.83. The molecule has 1 unspecified atom stereocenters. The highest BCUT2D eigenvalue weighted by Crippen LogP contribution is 2.28. The third-order valence-electron chi connectivity index (χ3n) is 4.53. The lowest BCUT2D eigenvalue weighted by atomic mass is 9.84. The van der Waals surface area contributed by atoms with Crippen LogP contribution in [-0.2, 0) is 0 Å². The summed E-state index contributed by atoms with van der Waals surface area (Å²) in [6, 6.07) is 2.20. The number of amides is 1. The Labute approximate surface area is 119 Å². The first-order valence-corrected chi connectivity index (χ1v) is 7.35. The van der Waals surface area contributed by atoms with Crippen molar-refractivity contribution < 1.29 is 4.79 Å². The lowest BCUT2D eigenvalue weighted by molar-refractivity contribution is 0.0620. The Morgan fingerprint density at radius 1 is 1.40 bits per heavy atom. The number of nitrogens with zero attached hydrogens (tertiary/aromatic N) is 2. The Balaban J connectivity index is 1.73. The van der Waals surface area contributed by atoms with Crippen LogP contribution in [-0.4, -0.2) is 48.5 Å². The minimum absolute atomic E-state index is 0.0133. The molecule has 1 amide bonds. The van der Waals surface area contributed by atoms with Crippen LogP contribution in [0.4, 0.5) is 5.69 Å². The van der Waals surface area contributed by atoms with Crippen LogP contribution in [0.25, 0.3) is 0 Å². The largest absolute Gasteiger partial charge is 0.387 e. The molecular weight excluding hydrogens is 252 g/mol. The molecule has 108 valence electrons. The molecular formula is C15H22N4O.